The fraction of sp³-hybridized carbons (Fsp3) is 0.533. The molecule has 0 amide bonds. The molecule has 110 valence electrons. The summed E-state index contributed by atoms with van der Waals surface area (Å²) >= 11 is 3.54. The number of nitrogen functional groups attached to an aromatic ring is 1. The molecule has 1 saturated heterocycles. The Morgan fingerprint density at radius 2 is 2.20 bits per heavy atom. The van der Waals surface area contributed by atoms with Crippen molar-refractivity contribution in [2.45, 2.75) is 25.8 Å². The molecule has 0 aromatic heterocycles. The molecule has 0 saturated carbocycles. The van der Waals surface area contributed by atoms with E-state index in [1.807, 2.05) is 12.1 Å². The molecule has 1 fully saturated rings. The van der Waals surface area contributed by atoms with Crippen LogP contribution in [0.5, 0.6) is 0 Å². The van der Waals surface area contributed by atoms with E-state index in [2.05, 4.69) is 45.8 Å². The highest BCUT2D eigenvalue weighted by Gasteiger charge is 2.24. The van der Waals surface area contributed by atoms with Gasteiger partial charge in [0, 0.05) is 34.9 Å². The number of benzene rings is 1. The quantitative estimate of drug-likeness (QED) is 0.658. The van der Waals surface area contributed by atoms with Gasteiger partial charge < -0.3 is 15.5 Å². The fourth-order valence-electron chi connectivity index (χ4n) is 2.88. The summed E-state index contributed by atoms with van der Waals surface area (Å²) in [5.74, 6) is 0.139. The summed E-state index contributed by atoms with van der Waals surface area (Å²) in [5.41, 5.74) is 7.66. The van der Waals surface area contributed by atoms with Crippen molar-refractivity contribution < 1.29 is 0 Å². The van der Waals surface area contributed by atoms with E-state index < -0.39 is 0 Å². The summed E-state index contributed by atoms with van der Waals surface area (Å²) in [6.07, 6.45) is 2.23. The van der Waals surface area contributed by atoms with Crippen LogP contribution in [0, 0.1) is 5.41 Å². The third-order valence-corrected chi connectivity index (χ3v) is 4.43. The first kappa shape index (κ1) is 15.3. The Bertz CT molecular complexity index is 489. The average molecular weight is 339 g/mol. The Hall–Kier alpha value is -1.07. The Morgan fingerprint density at radius 3 is 2.85 bits per heavy atom. The number of anilines is 1. The first-order valence-electron chi connectivity index (χ1n) is 7.12. The molecule has 1 unspecified atom stereocenters. The zero-order valence-corrected chi connectivity index (χ0v) is 13.8. The summed E-state index contributed by atoms with van der Waals surface area (Å²) in [5, 5.41) is 7.81. The zero-order valence-electron chi connectivity index (χ0n) is 12.2. The molecule has 20 heavy (non-hydrogen) atoms. The van der Waals surface area contributed by atoms with Gasteiger partial charge in [-0.2, -0.15) is 0 Å². The van der Waals surface area contributed by atoms with Crippen molar-refractivity contribution in [1.82, 2.24) is 4.90 Å². The van der Waals surface area contributed by atoms with E-state index in [4.69, 9.17) is 11.1 Å². The van der Waals surface area contributed by atoms with Gasteiger partial charge in [0.15, 0.2) is 0 Å². The largest absolute Gasteiger partial charge is 0.384 e. The monoisotopic (exact) mass is 338 g/mol. The van der Waals surface area contributed by atoms with Crippen molar-refractivity contribution in [2.75, 3.05) is 31.6 Å². The standard InChI is InChI=1S/C15H23BrN4/c1-3-12-10-19(2)7-4-8-20(12)14-9-11(16)5-6-13(14)15(17)18/h5-6,9,12H,3-4,7-8,10H2,1-2H3,(H3,17,18). The molecule has 1 aliphatic heterocycles. The van der Waals surface area contributed by atoms with Gasteiger partial charge in [0.2, 0.25) is 0 Å². The molecule has 0 spiro atoms. The molecular weight excluding hydrogens is 316 g/mol. The van der Waals surface area contributed by atoms with Crippen molar-refractivity contribution in [2.24, 2.45) is 5.73 Å². The highest BCUT2D eigenvalue weighted by Crippen LogP contribution is 2.29. The van der Waals surface area contributed by atoms with Gasteiger partial charge in [-0.15, -0.1) is 0 Å². The number of nitrogens with two attached hydrogens (primary N) is 1. The maximum Gasteiger partial charge on any atom is 0.124 e. The van der Waals surface area contributed by atoms with E-state index in [1.165, 1.54) is 0 Å². The predicted octanol–water partition coefficient (Wildman–Crippen LogP) is 2.65. The Labute approximate surface area is 129 Å². The Kier molecular flexibility index (Phi) is 5.05. The Morgan fingerprint density at radius 1 is 1.45 bits per heavy atom. The van der Waals surface area contributed by atoms with Gasteiger partial charge in [-0.1, -0.05) is 22.9 Å². The first-order chi connectivity index (χ1) is 9.52. The number of halogens is 1. The van der Waals surface area contributed by atoms with Crippen molar-refractivity contribution in [3.8, 4) is 0 Å². The van der Waals surface area contributed by atoms with Crippen molar-refractivity contribution in [3.63, 3.8) is 0 Å². The summed E-state index contributed by atoms with van der Waals surface area (Å²) in [4.78, 5) is 4.81. The molecule has 0 radical (unpaired) electrons. The molecule has 4 nitrogen and oxygen atoms in total. The second-order valence-electron chi connectivity index (χ2n) is 5.45. The van der Waals surface area contributed by atoms with Gasteiger partial charge in [-0.05, 0) is 44.6 Å². The molecular formula is C15H23BrN4. The van der Waals surface area contributed by atoms with Crippen LogP contribution in [0.4, 0.5) is 5.69 Å². The van der Waals surface area contributed by atoms with Crippen LogP contribution in [0.3, 0.4) is 0 Å². The van der Waals surface area contributed by atoms with E-state index in [0.29, 0.717) is 6.04 Å². The maximum absolute atomic E-state index is 7.81. The number of hydrogen-bond acceptors (Lipinski definition) is 3. The van der Waals surface area contributed by atoms with E-state index in [1.54, 1.807) is 0 Å². The lowest BCUT2D eigenvalue weighted by atomic mass is 10.1. The summed E-state index contributed by atoms with van der Waals surface area (Å²) < 4.78 is 1.03. The number of nitrogens with one attached hydrogen (secondary N) is 1. The molecule has 3 N–H and O–H groups in total. The smallest absolute Gasteiger partial charge is 0.124 e. The summed E-state index contributed by atoms with van der Waals surface area (Å²) in [7, 11) is 2.18. The highest BCUT2D eigenvalue weighted by atomic mass is 79.9. The van der Waals surface area contributed by atoms with Crippen LogP contribution in [0.25, 0.3) is 0 Å². The molecule has 2 rings (SSSR count). The molecule has 1 atom stereocenters. The topological polar surface area (TPSA) is 56.4 Å². The number of amidine groups is 1. The third-order valence-electron chi connectivity index (χ3n) is 3.93. The molecule has 5 heteroatoms. The van der Waals surface area contributed by atoms with Crippen LogP contribution < -0.4 is 10.6 Å². The second kappa shape index (κ2) is 6.59. The van der Waals surface area contributed by atoms with Crippen LogP contribution in [0.1, 0.15) is 25.3 Å². The molecule has 1 heterocycles. The minimum Gasteiger partial charge on any atom is -0.384 e. The van der Waals surface area contributed by atoms with Gasteiger partial charge in [-0.25, -0.2) is 0 Å². The molecule has 0 bridgehead atoms. The van der Waals surface area contributed by atoms with Crippen LogP contribution in [-0.2, 0) is 0 Å². The maximum atomic E-state index is 7.81. The lowest BCUT2D eigenvalue weighted by Gasteiger charge is -2.33. The number of rotatable bonds is 3. The number of likely N-dealkylation sites (N-methyl/N-ethyl adjacent to an activating group) is 1. The minimum absolute atomic E-state index is 0.139. The zero-order chi connectivity index (χ0) is 14.7. The van der Waals surface area contributed by atoms with E-state index in [9.17, 15) is 0 Å². The first-order valence-corrected chi connectivity index (χ1v) is 7.91. The normalized spacial score (nSPS) is 20.8. The van der Waals surface area contributed by atoms with Gasteiger partial charge in [0.05, 0.1) is 0 Å². The Balaban J connectivity index is 2.41. The lowest BCUT2D eigenvalue weighted by Crippen LogP contribution is -2.40. The number of nitrogens with zero attached hydrogens (tertiary/aromatic N) is 2. The second-order valence-corrected chi connectivity index (χ2v) is 6.36. The van der Waals surface area contributed by atoms with Crippen LogP contribution in [0.2, 0.25) is 0 Å². The SMILES string of the molecule is CCC1CN(C)CCCN1c1cc(Br)ccc1C(=N)N. The summed E-state index contributed by atoms with van der Waals surface area (Å²) in [6.45, 7) is 5.42. The highest BCUT2D eigenvalue weighted by molar-refractivity contribution is 9.10. The fourth-order valence-corrected chi connectivity index (χ4v) is 3.23. The van der Waals surface area contributed by atoms with Gasteiger partial charge in [0.1, 0.15) is 5.84 Å². The van der Waals surface area contributed by atoms with Crippen LogP contribution in [-0.4, -0.2) is 43.5 Å². The van der Waals surface area contributed by atoms with Crippen LogP contribution >= 0.6 is 15.9 Å². The van der Waals surface area contributed by atoms with Crippen LogP contribution in [0.15, 0.2) is 22.7 Å². The predicted molar refractivity (Wildman–Crippen MR) is 88.7 cm³/mol. The summed E-state index contributed by atoms with van der Waals surface area (Å²) in [6, 6.07) is 6.44. The third kappa shape index (κ3) is 3.33. The van der Waals surface area contributed by atoms with Gasteiger partial charge in [0.25, 0.3) is 0 Å². The lowest BCUT2D eigenvalue weighted by molar-refractivity contribution is 0.328. The minimum atomic E-state index is 0.139. The molecule has 1 aromatic carbocycles. The van der Waals surface area contributed by atoms with Crippen molar-refractivity contribution >= 4 is 27.5 Å². The van der Waals surface area contributed by atoms with Gasteiger partial charge in [-0.3, -0.25) is 5.41 Å². The average Bonchev–Trinajstić information content (AvgIpc) is 2.59. The molecule has 0 aliphatic carbocycles. The van der Waals surface area contributed by atoms with E-state index >= 15 is 0 Å². The van der Waals surface area contributed by atoms with Crippen molar-refractivity contribution in [1.29, 1.82) is 5.41 Å². The molecule has 1 aliphatic rings. The van der Waals surface area contributed by atoms with E-state index in [0.717, 1.165) is 48.2 Å². The van der Waals surface area contributed by atoms with Crippen molar-refractivity contribution in [3.05, 3.63) is 28.2 Å². The van der Waals surface area contributed by atoms with Gasteiger partial charge >= 0.3 is 0 Å². The van der Waals surface area contributed by atoms with E-state index in [-0.39, 0.29) is 5.84 Å². The number of hydrogen-bond donors (Lipinski definition) is 2. The molecule has 1 aromatic rings.